The molecule has 2 aromatic carbocycles. The van der Waals surface area contributed by atoms with Gasteiger partial charge in [0.1, 0.15) is 11.8 Å². The molecule has 0 aliphatic heterocycles. The number of halogens is 1. The van der Waals surface area contributed by atoms with Gasteiger partial charge in [0.05, 0.1) is 11.7 Å². The van der Waals surface area contributed by atoms with Crippen LogP contribution >= 0.6 is 11.6 Å². The number of carbonyl (C=O) groups excluding carboxylic acids is 3. The Balaban J connectivity index is 1.78. The Bertz CT molecular complexity index is 1210. The van der Waals surface area contributed by atoms with Crippen molar-refractivity contribution in [2.45, 2.75) is 63.5 Å². The number of aliphatic imine (C=N–C) groups is 1. The van der Waals surface area contributed by atoms with Gasteiger partial charge in [-0.15, -0.1) is 0 Å². The number of rotatable bonds is 13. The Morgan fingerprint density at radius 1 is 1.02 bits per heavy atom. The van der Waals surface area contributed by atoms with Crippen molar-refractivity contribution in [1.82, 2.24) is 5.32 Å². The molecule has 0 spiro atoms. The van der Waals surface area contributed by atoms with Crippen LogP contribution in [0.3, 0.4) is 0 Å². The lowest BCUT2D eigenvalue weighted by Crippen LogP contribution is -2.50. The van der Waals surface area contributed by atoms with Gasteiger partial charge in [-0.1, -0.05) is 49.8 Å². The van der Waals surface area contributed by atoms with Gasteiger partial charge in [-0.3, -0.25) is 19.4 Å². The minimum Gasteiger partial charge on any atom is -0.455 e. The van der Waals surface area contributed by atoms with E-state index in [0.717, 1.165) is 32.1 Å². The van der Waals surface area contributed by atoms with Gasteiger partial charge in [0.15, 0.2) is 11.7 Å². The molecule has 1 aliphatic carbocycles. The van der Waals surface area contributed by atoms with Gasteiger partial charge >= 0.3 is 0 Å². The SMILES string of the molecule is NC(=O)c1ccc(NC(=O)[C@H](CC2CCCCC2)NC(=O)[C@@H](N)CCCN=C(N)N)c(Oc2cccc(Cl)c2)c1. The molecular weight excluding hydrogens is 534 g/mol. The van der Waals surface area contributed by atoms with Gasteiger partial charge in [-0.25, -0.2) is 0 Å². The molecule has 2 aromatic rings. The molecule has 0 radical (unpaired) electrons. The highest BCUT2D eigenvalue weighted by atomic mass is 35.5. The molecule has 3 rings (SSSR count). The number of guanidine groups is 1. The normalized spacial score (nSPS) is 14.9. The molecule has 12 heteroatoms. The molecule has 216 valence electrons. The van der Waals surface area contributed by atoms with Crippen molar-refractivity contribution in [2.24, 2.45) is 33.8 Å². The smallest absolute Gasteiger partial charge is 0.248 e. The third-order valence-corrected chi connectivity index (χ3v) is 7.01. The van der Waals surface area contributed by atoms with Crippen molar-refractivity contribution in [3.63, 3.8) is 0 Å². The van der Waals surface area contributed by atoms with Crippen LogP contribution in [-0.2, 0) is 9.59 Å². The first-order valence-electron chi connectivity index (χ1n) is 13.4. The van der Waals surface area contributed by atoms with Crippen LogP contribution in [0.25, 0.3) is 0 Å². The zero-order valence-electron chi connectivity index (χ0n) is 22.4. The van der Waals surface area contributed by atoms with Crippen molar-refractivity contribution in [2.75, 3.05) is 11.9 Å². The number of primary amides is 1. The van der Waals surface area contributed by atoms with E-state index in [1.54, 1.807) is 24.3 Å². The number of nitrogens with zero attached hydrogens (tertiary/aromatic N) is 1. The Morgan fingerprint density at radius 3 is 2.45 bits per heavy atom. The fourth-order valence-electron chi connectivity index (χ4n) is 4.66. The number of nitrogens with two attached hydrogens (primary N) is 4. The average molecular weight is 572 g/mol. The van der Waals surface area contributed by atoms with E-state index in [1.165, 1.54) is 18.2 Å². The monoisotopic (exact) mass is 571 g/mol. The molecule has 1 fully saturated rings. The van der Waals surface area contributed by atoms with Crippen LogP contribution in [0.5, 0.6) is 11.5 Å². The van der Waals surface area contributed by atoms with Gasteiger partial charge < -0.3 is 38.3 Å². The third-order valence-electron chi connectivity index (χ3n) is 6.78. The van der Waals surface area contributed by atoms with E-state index in [9.17, 15) is 14.4 Å². The molecule has 40 heavy (non-hydrogen) atoms. The number of carbonyl (C=O) groups is 3. The lowest BCUT2D eigenvalue weighted by Gasteiger charge is -2.27. The molecule has 0 heterocycles. The summed E-state index contributed by atoms with van der Waals surface area (Å²) in [4.78, 5) is 42.2. The highest BCUT2D eigenvalue weighted by molar-refractivity contribution is 6.30. The second kappa shape index (κ2) is 15.1. The van der Waals surface area contributed by atoms with Gasteiger partial charge in [-0.2, -0.15) is 0 Å². The van der Waals surface area contributed by atoms with Crippen LogP contribution in [0, 0.1) is 5.92 Å². The average Bonchev–Trinajstić information content (AvgIpc) is 2.91. The third kappa shape index (κ3) is 9.73. The van der Waals surface area contributed by atoms with E-state index >= 15 is 0 Å². The summed E-state index contributed by atoms with van der Waals surface area (Å²) in [6, 6.07) is 9.52. The maximum Gasteiger partial charge on any atom is 0.248 e. The molecule has 11 nitrogen and oxygen atoms in total. The first-order chi connectivity index (χ1) is 19.1. The summed E-state index contributed by atoms with van der Waals surface area (Å²) < 4.78 is 5.96. The molecule has 2 atom stereocenters. The fourth-order valence-corrected chi connectivity index (χ4v) is 4.84. The van der Waals surface area contributed by atoms with Crippen LogP contribution in [0.15, 0.2) is 47.5 Å². The van der Waals surface area contributed by atoms with Crippen molar-refractivity contribution < 1.29 is 19.1 Å². The van der Waals surface area contributed by atoms with Gasteiger partial charge in [0, 0.05) is 17.1 Å². The predicted molar refractivity (Wildman–Crippen MR) is 156 cm³/mol. The molecule has 0 saturated heterocycles. The zero-order valence-corrected chi connectivity index (χ0v) is 23.2. The molecule has 10 N–H and O–H groups in total. The summed E-state index contributed by atoms with van der Waals surface area (Å²) >= 11 is 6.09. The molecule has 0 unspecified atom stereocenters. The highest BCUT2D eigenvalue weighted by Crippen LogP contribution is 2.33. The Hall–Kier alpha value is -3.83. The van der Waals surface area contributed by atoms with Gasteiger partial charge in [0.25, 0.3) is 0 Å². The maximum absolute atomic E-state index is 13.6. The van der Waals surface area contributed by atoms with E-state index in [2.05, 4.69) is 15.6 Å². The number of anilines is 1. The van der Waals surface area contributed by atoms with E-state index in [0.29, 0.717) is 48.2 Å². The number of benzene rings is 2. The summed E-state index contributed by atoms with van der Waals surface area (Å²) in [5.74, 6) is -0.624. The largest absolute Gasteiger partial charge is 0.455 e. The maximum atomic E-state index is 13.6. The first kappa shape index (κ1) is 30.7. The lowest BCUT2D eigenvalue weighted by molar-refractivity contribution is -0.127. The standard InChI is InChI=1S/C28H38ClN7O4/c29-19-8-4-9-20(16-19)40-24-15-18(25(31)37)11-12-22(24)35-27(39)23(14-17-6-2-1-3-7-17)36-26(38)21(30)10-5-13-34-28(32)33/h4,8-9,11-12,15-17,21,23H,1-3,5-7,10,13-14,30H2,(H2,31,37)(H,35,39)(H,36,38)(H4,32,33,34)/t21-,23-/m0/s1. The summed E-state index contributed by atoms with van der Waals surface area (Å²) in [6.45, 7) is 0.353. The fraction of sp³-hybridized carbons (Fsp3) is 0.429. The summed E-state index contributed by atoms with van der Waals surface area (Å²) in [7, 11) is 0. The van der Waals surface area contributed by atoms with E-state index in [1.807, 2.05) is 0 Å². The first-order valence-corrected chi connectivity index (χ1v) is 13.8. The van der Waals surface area contributed by atoms with Crippen molar-refractivity contribution >= 4 is 41.0 Å². The Morgan fingerprint density at radius 2 is 1.77 bits per heavy atom. The molecular formula is C28H38ClN7O4. The van der Waals surface area contributed by atoms with E-state index in [-0.39, 0.29) is 17.3 Å². The van der Waals surface area contributed by atoms with Crippen LogP contribution in [0.2, 0.25) is 5.02 Å². The molecule has 0 bridgehead atoms. The predicted octanol–water partition coefficient (Wildman–Crippen LogP) is 3.01. The minimum absolute atomic E-state index is 0.0233. The molecule has 0 aromatic heterocycles. The quantitative estimate of drug-likeness (QED) is 0.120. The zero-order chi connectivity index (χ0) is 29.1. The van der Waals surface area contributed by atoms with Crippen molar-refractivity contribution in [3.05, 3.63) is 53.1 Å². The number of hydrogen-bond donors (Lipinski definition) is 6. The second-order valence-corrected chi connectivity index (χ2v) is 10.4. The highest BCUT2D eigenvalue weighted by Gasteiger charge is 2.28. The van der Waals surface area contributed by atoms with E-state index < -0.39 is 29.8 Å². The summed E-state index contributed by atoms with van der Waals surface area (Å²) in [5, 5.41) is 6.16. The topological polar surface area (TPSA) is 201 Å². The van der Waals surface area contributed by atoms with Crippen molar-refractivity contribution in [3.8, 4) is 11.5 Å². The summed E-state index contributed by atoms with van der Waals surface area (Å²) in [6.07, 6.45) is 6.65. The minimum atomic E-state index is -0.826. The summed E-state index contributed by atoms with van der Waals surface area (Å²) in [5.41, 5.74) is 22.8. The van der Waals surface area contributed by atoms with Crippen LogP contribution in [-0.4, -0.2) is 42.3 Å². The second-order valence-electron chi connectivity index (χ2n) is 9.98. The lowest BCUT2D eigenvalue weighted by atomic mass is 9.84. The molecule has 1 aliphatic rings. The van der Waals surface area contributed by atoms with Gasteiger partial charge in [-0.05, 0) is 61.6 Å². The van der Waals surface area contributed by atoms with Crippen LogP contribution in [0.4, 0.5) is 5.69 Å². The number of hydrogen-bond acceptors (Lipinski definition) is 6. The Labute approximate surface area is 239 Å². The molecule has 3 amide bonds. The number of ether oxygens (including phenoxy) is 1. The molecule has 1 saturated carbocycles. The van der Waals surface area contributed by atoms with E-state index in [4.69, 9.17) is 39.3 Å². The van der Waals surface area contributed by atoms with Gasteiger partial charge in [0.2, 0.25) is 17.7 Å². The number of amides is 3. The van der Waals surface area contributed by atoms with Crippen LogP contribution < -0.4 is 38.3 Å². The van der Waals surface area contributed by atoms with Crippen molar-refractivity contribution in [1.29, 1.82) is 0 Å². The van der Waals surface area contributed by atoms with Crippen LogP contribution in [0.1, 0.15) is 61.7 Å². The Kier molecular flexibility index (Phi) is 11.6. The number of nitrogens with one attached hydrogen (secondary N) is 2.